The zero-order valence-corrected chi connectivity index (χ0v) is 11.6. The molecule has 0 bridgehead atoms. The van der Waals surface area contributed by atoms with Gasteiger partial charge in [-0.25, -0.2) is 0 Å². The van der Waals surface area contributed by atoms with Gasteiger partial charge < -0.3 is 15.7 Å². The highest BCUT2D eigenvalue weighted by Gasteiger charge is 2.27. The van der Waals surface area contributed by atoms with E-state index < -0.39 is 0 Å². The minimum atomic E-state index is -0.0581. The van der Waals surface area contributed by atoms with Gasteiger partial charge in [0.05, 0.1) is 0 Å². The van der Waals surface area contributed by atoms with Crippen LogP contribution in [0.15, 0.2) is 18.2 Å². The lowest BCUT2D eigenvalue weighted by atomic mass is 9.81. The van der Waals surface area contributed by atoms with E-state index in [4.69, 9.17) is 0 Å². The molecular weight excluding hydrogens is 240 g/mol. The van der Waals surface area contributed by atoms with Crippen molar-refractivity contribution in [2.45, 2.75) is 26.7 Å². The Morgan fingerprint density at radius 3 is 2.74 bits per heavy atom. The molecule has 0 aliphatic carbocycles. The Kier molecular flexibility index (Phi) is 4.10. The first-order chi connectivity index (χ1) is 9.00. The number of hydrogen-bond donors (Lipinski definition) is 3. The number of carbonyl (C=O) groups is 1. The number of carbonyl (C=O) groups excluding carboxylic acids is 1. The molecular formula is C15H22N2O2. The van der Waals surface area contributed by atoms with Crippen LogP contribution in [0.5, 0.6) is 5.75 Å². The van der Waals surface area contributed by atoms with Crippen molar-refractivity contribution >= 4 is 5.91 Å². The summed E-state index contributed by atoms with van der Waals surface area (Å²) in [5.41, 5.74) is 1.62. The molecule has 104 valence electrons. The highest BCUT2D eigenvalue weighted by molar-refractivity contribution is 5.95. The van der Waals surface area contributed by atoms with E-state index in [9.17, 15) is 9.90 Å². The number of aryl methyl sites for hydroxylation is 1. The molecule has 1 amide bonds. The minimum Gasteiger partial charge on any atom is -0.508 e. The van der Waals surface area contributed by atoms with Crippen LogP contribution >= 0.6 is 0 Å². The smallest absolute Gasteiger partial charge is 0.251 e. The standard InChI is InChI=1S/C15H22N2O2/c1-11-9-12(18)3-4-13(11)14(19)17-10-15(2)5-7-16-8-6-15/h3-4,9,16,18H,5-8,10H2,1-2H3,(H,17,19). The van der Waals surface area contributed by atoms with Crippen molar-refractivity contribution in [3.8, 4) is 5.75 Å². The molecule has 0 radical (unpaired) electrons. The summed E-state index contributed by atoms with van der Waals surface area (Å²) in [6, 6.07) is 4.83. The Balaban J connectivity index is 1.97. The van der Waals surface area contributed by atoms with Gasteiger partial charge in [0, 0.05) is 12.1 Å². The van der Waals surface area contributed by atoms with Crippen LogP contribution < -0.4 is 10.6 Å². The number of amides is 1. The van der Waals surface area contributed by atoms with E-state index in [0.29, 0.717) is 12.1 Å². The van der Waals surface area contributed by atoms with Crippen LogP contribution in [-0.2, 0) is 0 Å². The summed E-state index contributed by atoms with van der Waals surface area (Å²) in [4.78, 5) is 12.2. The molecule has 0 atom stereocenters. The van der Waals surface area contributed by atoms with Gasteiger partial charge in [0.25, 0.3) is 5.91 Å². The third-order valence-corrected chi connectivity index (χ3v) is 3.94. The Bertz CT molecular complexity index is 465. The van der Waals surface area contributed by atoms with Gasteiger partial charge in [0.2, 0.25) is 0 Å². The average molecular weight is 262 g/mol. The number of rotatable bonds is 3. The van der Waals surface area contributed by atoms with Gasteiger partial charge >= 0.3 is 0 Å². The number of hydrogen-bond acceptors (Lipinski definition) is 3. The quantitative estimate of drug-likeness (QED) is 0.778. The lowest BCUT2D eigenvalue weighted by molar-refractivity contribution is 0.0921. The summed E-state index contributed by atoms with van der Waals surface area (Å²) in [5.74, 6) is 0.136. The molecule has 1 fully saturated rings. The maximum absolute atomic E-state index is 12.2. The van der Waals surface area contributed by atoms with Gasteiger partial charge in [-0.1, -0.05) is 6.92 Å². The third-order valence-electron chi connectivity index (χ3n) is 3.94. The molecule has 0 spiro atoms. The molecule has 1 aliphatic rings. The zero-order chi connectivity index (χ0) is 13.9. The first-order valence-electron chi connectivity index (χ1n) is 6.79. The molecule has 1 aromatic carbocycles. The molecule has 0 saturated carbocycles. The Morgan fingerprint density at radius 1 is 1.42 bits per heavy atom. The molecule has 19 heavy (non-hydrogen) atoms. The largest absolute Gasteiger partial charge is 0.508 e. The summed E-state index contributed by atoms with van der Waals surface area (Å²) < 4.78 is 0. The monoisotopic (exact) mass is 262 g/mol. The third kappa shape index (κ3) is 3.47. The van der Waals surface area contributed by atoms with Crippen LogP contribution in [0.2, 0.25) is 0 Å². The fourth-order valence-corrected chi connectivity index (χ4v) is 2.50. The Labute approximate surface area is 114 Å². The van der Waals surface area contributed by atoms with E-state index in [-0.39, 0.29) is 17.1 Å². The van der Waals surface area contributed by atoms with E-state index in [0.717, 1.165) is 31.5 Å². The maximum atomic E-state index is 12.2. The van der Waals surface area contributed by atoms with Gasteiger partial charge in [-0.3, -0.25) is 4.79 Å². The van der Waals surface area contributed by atoms with Crippen LogP contribution in [0.1, 0.15) is 35.7 Å². The van der Waals surface area contributed by atoms with E-state index >= 15 is 0 Å². The first kappa shape index (κ1) is 13.9. The normalized spacial score (nSPS) is 18.0. The number of phenols is 1. The average Bonchev–Trinajstić information content (AvgIpc) is 2.37. The van der Waals surface area contributed by atoms with Gasteiger partial charge in [0.15, 0.2) is 0 Å². The minimum absolute atomic E-state index is 0.0581. The first-order valence-corrected chi connectivity index (χ1v) is 6.79. The van der Waals surface area contributed by atoms with Gasteiger partial charge in [-0.05, 0) is 62.0 Å². The van der Waals surface area contributed by atoms with Crippen molar-refractivity contribution in [1.82, 2.24) is 10.6 Å². The summed E-state index contributed by atoms with van der Waals surface area (Å²) in [7, 11) is 0. The second kappa shape index (κ2) is 5.61. The Hall–Kier alpha value is -1.55. The molecule has 0 aromatic heterocycles. The topological polar surface area (TPSA) is 61.4 Å². The summed E-state index contributed by atoms with van der Waals surface area (Å²) in [6.45, 7) is 6.79. The number of aromatic hydroxyl groups is 1. The summed E-state index contributed by atoms with van der Waals surface area (Å²) >= 11 is 0. The van der Waals surface area contributed by atoms with E-state index in [1.54, 1.807) is 18.2 Å². The molecule has 4 nitrogen and oxygen atoms in total. The van der Waals surface area contributed by atoms with Crippen molar-refractivity contribution in [2.24, 2.45) is 5.41 Å². The molecule has 2 rings (SSSR count). The van der Waals surface area contributed by atoms with E-state index in [2.05, 4.69) is 17.6 Å². The highest BCUT2D eigenvalue weighted by Crippen LogP contribution is 2.27. The Morgan fingerprint density at radius 2 is 2.11 bits per heavy atom. The lowest BCUT2D eigenvalue weighted by Crippen LogP contribution is -2.43. The number of nitrogens with one attached hydrogen (secondary N) is 2. The van der Waals surface area contributed by atoms with Gasteiger partial charge in [-0.15, -0.1) is 0 Å². The van der Waals surface area contributed by atoms with Crippen LogP contribution in [0.3, 0.4) is 0 Å². The maximum Gasteiger partial charge on any atom is 0.251 e. The van der Waals surface area contributed by atoms with Crippen LogP contribution in [0, 0.1) is 12.3 Å². The lowest BCUT2D eigenvalue weighted by Gasteiger charge is -2.34. The molecule has 0 unspecified atom stereocenters. The number of benzene rings is 1. The highest BCUT2D eigenvalue weighted by atomic mass is 16.3. The fraction of sp³-hybridized carbons (Fsp3) is 0.533. The predicted octanol–water partition coefficient (Wildman–Crippen LogP) is 1.82. The van der Waals surface area contributed by atoms with Crippen molar-refractivity contribution < 1.29 is 9.90 Å². The van der Waals surface area contributed by atoms with Gasteiger partial charge in [-0.2, -0.15) is 0 Å². The predicted molar refractivity (Wildman–Crippen MR) is 75.4 cm³/mol. The number of piperidine rings is 1. The van der Waals surface area contributed by atoms with E-state index in [1.807, 2.05) is 6.92 Å². The number of phenolic OH excluding ortho intramolecular Hbond substituents is 1. The zero-order valence-electron chi connectivity index (χ0n) is 11.6. The summed E-state index contributed by atoms with van der Waals surface area (Å²) in [5, 5.41) is 15.7. The molecule has 1 heterocycles. The van der Waals surface area contributed by atoms with Crippen LogP contribution in [-0.4, -0.2) is 30.6 Å². The van der Waals surface area contributed by atoms with Crippen molar-refractivity contribution in [3.63, 3.8) is 0 Å². The van der Waals surface area contributed by atoms with Crippen LogP contribution in [0.25, 0.3) is 0 Å². The van der Waals surface area contributed by atoms with Crippen molar-refractivity contribution in [2.75, 3.05) is 19.6 Å². The molecule has 1 saturated heterocycles. The second-order valence-electron chi connectivity index (χ2n) is 5.74. The van der Waals surface area contributed by atoms with Crippen molar-refractivity contribution in [3.05, 3.63) is 29.3 Å². The van der Waals surface area contributed by atoms with Crippen LogP contribution in [0.4, 0.5) is 0 Å². The fourth-order valence-electron chi connectivity index (χ4n) is 2.50. The van der Waals surface area contributed by atoms with E-state index in [1.165, 1.54) is 0 Å². The molecule has 1 aliphatic heterocycles. The summed E-state index contributed by atoms with van der Waals surface area (Å²) in [6.07, 6.45) is 2.17. The molecule has 1 aromatic rings. The molecule has 3 N–H and O–H groups in total. The van der Waals surface area contributed by atoms with Gasteiger partial charge in [0.1, 0.15) is 5.75 Å². The van der Waals surface area contributed by atoms with Crippen molar-refractivity contribution in [1.29, 1.82) is 0 Å². The molecule has 4 heteroatoms. The SMILES string of the molecule is Cc1cc(O)ccc1C(=O)NCC1(C)CCNCC1. The second-order valence-corrected chi connectivity index (χ2v) is 5.74.